The predicted octanol–water partition coefficient (Wildman–Crippen LogP) is 2.87. The summed E-state index contributed by atoms with van der Waals surface area (Å²) in [6.07, 6.45) is 3.71. The number of aromatic nitrogens is 1. The predicted molar refractivity (Wildman–Crippen MR) is 89.5 cm³/mol. The first-order valence-corrected chi connectivity index (χ1v) is 8.41. The molecule has 4 rings (SSSR count). The van der Waals surface area contributed by atoms with Gasteiger partial charge < -0.3 is 14.4 Å². The van der Waals surface area contributed by atoms with E-state index >= 15 is 0 Å². The normalized spacial score (nSPS) is 19.8. The Hall–Kier alpha value is -2.56. The van der Waals surface area contributed by atoms with Crippen LogP contribution in [0, 0.1) is 0 Å². The number of ether oxygens (including phenoxy) is 2. The van der Waals surface area contributed by atoms with Crippen LogP contribution in [0.25, 0.3) is 0 Å². The highest BCUT2D eigenvalue weighted by Gasteiger charge is 2.27. The molecule has 124 valence electrons. The zero-order chi connectivity index (χ0) is 16.4. The van der Waals surface area contributed by atoms with E-state index in [-0.39, 0.29) is 5.91 Å². The van der Waals surface area contributed by atoms with Crippen LogP contribution < -0.4 is 9.47 Å². The van der Waals surface area contributed by atoms with Gasteiger partial charge in [-0.2, -0.15) is 0 Å². The van der Waals surface area contributed by atoms with E-state index in [4.69, 9.17) is 9.47 Å². The van der Waals surface area contributed by atoms with Crippen LogP contribution in [0.5, 0.6) is 11.5 Å². The number of carbonyl (C=O) groups is 1. The second-order valence-electron chi connectivity index (χ2n) is 6.21. The lowest BCUT2D eigenvalue weighted by Crippen LogP contribution is -2.39. The number of amides is 1. The molecule has 0 spiro atoms. The molecular formula is C19H20N2O3. The maximum atomic E-state index is 12.8. The lowest BCUT2D eigenvalue weighted by atomic mass is 9.90. The average molecular weight is 324 g/mol. The summed E-state index contributed by atoms with van der Waals surface area (Å²) in [6, 6.07) is 12.1. The number of likely N-dealkylation sites (tertiary alicyclic amines) is 1. The molecule has 1 unspecified atom stereocenters. The Morgan fingerprint density at radius 2 is 1.92 bits per heavy atom. The lowest BCUT2D eigenvalue weighted by molar-refractivity contribution is 0.0699. The highest BCUT2D eigenvalue weighted by molar-refractivity contribution is 5.93. The molecule has 1 amide bonds. The summed E-state index contributed by atoms with van der Waals surface area (Å²) >= 11 is 0. The molecule has 0 radical (unpaired) electrons. The number of nitrogens with zero attached hydrogens (tertiary/aromatic N) is 2. The summed E-state index contributed by atoms with van der Waals surface area (Å²) in [5, 5.41) is 0. The first-order chi connectivity index (χ1) is 11.8. The van der Waals surface area contributed by atoms with Crippen molar-refractivity contribution in [1.82, 2.24) is 9.88 Å². The number of hydrogen-bond donors (Lipinski definition) is 0. The van der Waals surface area contributed by atoms with Gasteiger partial charge >= 0.3 is 0 Å². The van der Waals surface area contributed by atoms with Crippen molar-refractivity contribution in [2.75, 3.05) is 26.3 Å². The molecular weight excluding hydrogens is 304 g/mol. The maximum Gasteiger partial charge on any atom is 0.272 e. The number of piperidine rings is 1. The fraction of sp³-hybridized carbons (Fsp3) is 0.368. The second kappa shape index (κ2) is 6.51. The van der Waals surface area contributed by atoms with E-state index in [0.717, 1.165) is 25.9 Å². The number of hydrogen-bond acceptors (Lipinski definition) is 4. The van der Waals surface area contributed by atoms with E-state index in [1.807, 2.05) is 11.0 Å². The number of benzene rings is 1. The largest absolute Gasteiger partial charge is 0.486 e. The zero-order valence-electron chi connectivity index (χ0n) is 13.5. The number of rotatable bonds is 2. The summed E-state index contributed by atoms with van der Waals surface area (Å²) in [6.45, 7) is 2.54. The Morgan fingerprint density at radius 1 is 1.12 bits per heavy atom. The number of carbonyl (C=O) groups excluding carboxylic acids is 1. The molecule has 0 bridgehead atoms. The van der Waals surface area contributed by atoms with Crippen molar-refractivity contribution in [3.8, 4) is 11.5 Å². The van der Waals surface area contributed by atoms with Crippen LogP contribution in [0.4, 0.5) is 0 Å². The van der Waals surface area contributed by atoms with Gasteiger partial charge in [-0.15, -0.1) is 0 Å². The monoisotopic (exact) mass is 324 g/mol. The van der Waals surface area contributed by atoms with Crippen LogP contribution in [-0.2, 0) is 0 Å². The van der Waals surface area contributed by atoms with Crippen molar-refractivity contribution < 1.29 is 14.3 Å². The summed E-state index contributed by atoms with van der Waals surface area (Å²) in [7, 11) is 0. The van der Waals surface area contributed by atoms with Gasteiger partial charge in [0.25, 0.3) is 5.91 Å². The van der Waals surface area contributed by atoms with Gasteiger partial charge in [0.1, 0.15) is 18.9 Å². The topological polar surface area (TPSA) is 51.7 Å². The molecule has 5 heteroatoms. The third-order valence-electron chi connectivity index (χ3n) is 4.63. The molecule has 0 saturated carbocycles. The minimum atomic E-state index is -0.0346. The van der Waals surface area contributed by atoms with Crippen molar-refractivity contribution in [1.29, 1.82) is 0 Å². The smallest absolute Gasteiger partial charge is 0.272 e. The minimum Gasteiger partial charge on any atom is -0.486 e. The van der Waals surface area contributed by atoms with Crippen molar-refractivity contribution in [2.24, 2.45) is 0 Å². The van der Waals surface area contributed by atoms with E-state index in [0.29, 0.717) is 36.3 Å². The molecule has 5 nitrogen and oxygen atoms in total. The van der Waals surface area contributed by atoms with Crippen LogP contribution in [0.3, 0.4) is 0 Å². The summed E-state index contributed by atoms with van der Waals surface area (Å²) in [4.78, 5) is 19.0. The highest BCUT2D eigenvalue weighted by atomic mass is 16.6. The van der Waals surface area contributed by atoms with E-state index in [9.17, 15) is 4.79 Å². The van der Waals surface area contributed by atoms with E-state index in [2.05, 4.69) is 29.2 Å². The van der Waals surface area contributed by atoms with Crippen LogP contribution in [0.1, 0.15) is 34.8 Å². The van der Waals surface area contributed by atoms with Gasteiger partial charge in [-0.05, 0) is 18.4 Å². The van der Waals surface area contributed by atoms with Crippen molar-refractivity contribution in [3.05, 3.63) is 53.9 Å². The van der Waals surface area contributed by atoms with Gasteiger partial charge in [0.15, 0.2) is 11.5 Å². The summed E-state index contributed by atoms with van der Waals surface area (Å²) < 4.78 is 11.0. The van der Waals surface area contributed by atoms with Crippen LogP contribution in [0.2, 0.25) is 0 Å². The quantitative estimate of drug-likeness (QED) is 0.852. The Kier molecular flexibility index (Phi) is 4.07. The van der Waals surface area contributed by atoms with Crippen LogP contribution in [-0.4, -0.2) is 42.1 Å². The molecule has 1 atom stereocenters. The average Bonchev–Trinajstić information content (AvgIpc) is 2.68. The summed E-state index contributed by atoms with van der Waals surface area (Å²) in [5.74, 6) is 1.57. The van der Waals surface area contributed by atoms with Gasteiger partial charge in [0, 0.05) is 25.1 Å². The summed E-state index contributed by atoms with van der Waals surface area (Å²) in [5.41, 5.74) is 1.72. The van der Waals surface area contributed by atoms with Gasteiger partial charge in [-0.1, -0.05) is 30.3 Å². The van der Waals surface area contributed by atoms with E-state index < -0.39 is 0 Å². The Morgan fingerprint density at radius 3 is 2.75 bits per heavy atom. The molecule has 0 N–H and O–H groups in total. The molecule has 2 aliphatic rings. The minimum absolute atomic E-state index is 0.0346. The standard InChI is InChI=1S/C19H20N2O3/c22-19(16-11-17-18(12-20-16)24-10-9-23-17)21-8-4-7-15(13-21)14-5-2-1-3-6-14/h1-3,5-6,11-12,15H,4,7-10,13H2. The van der Waals surface area contributed by atoms with Gasteiger partial charge in [-0.3, -0.25) is 4.79 Å². The fourth-order valence-electron chi connectivity index (χ4n) is 3.39. The third-order valence-corrected chi connectivity index (χ3v) is 4.63. The van der Waals surface area contributed by atoms with Gasteiger partial charge in [-0.25, -0.2) is 4.98 Å². The molecule has 1 aromatic heterocycles. The molecule has 24 heavy (non-hydrogen) atoms. The van der Waals surface area contributed by atoms with Crippen molar-refractivity contribution >= 4 is 5.91 Å². The molecule has 1 aromatic carbocycles. The molecule has 3 heterocycles. The molecule has 0 aliphatic carbocycles. The van der Waals surface area contributed by atoms with E-state index in [1.54, 1.807) is 12.3 Å². The molecule has 2 aromatic rings. The van der Waals surface area contributed by atoms with Gasteiger partial charge in [0.2, 0.25) is 0 Å². The molecule has 1 fully saturated rings. The SMILES string of the molecule is O=C(c1cc2c(cn1)OCCO2)N1CCCC(c2ccccc2)C1. The second-order valence-corrected chi connectivity index (χ2v) is 6.21. The maximum absolute atomic E-state index is 12.8. The Balaban J connectivity index is 1.51. The number of fused-ring (bicyclic) bond motifs is 1. The number of pyridine rings is 1. The fourth-order valence-corrected chi connectivity index (χ4v) is 3.39. The molecule has 2 aliphatic heterocycles. The molecule has 1 saturated heterocycles. The Labute approximate surface area is 141 Å². The van der Waals surface area contributed by atoms with Gasteiger partial charge in [0.05, 0.1) is 6.20 Å². The highest BCUT2D eigenvalue weighted by Crippen LogP contribution is 2.31. The lowest BCUT2D eigenvalue weighted by Gasteiger charge is -2.33. The Bertz CT molecular complexity index is 733. The van der Waals surface area contributed by atoms with Crippen molar-refractivity contribution in [3.63, 3.8) is 0 Å². The first-order valence-electron chi connectivity index (χ1n) is 8.41. The first kappa shape index (κ1) is 15.0. The third kappa shape index (κ3) is 2.94. The van der Waals surface area contributed by atoms with Crippen LogP contribution in [0.15, 0.2) is 42.6 Å². The van der Waals surface area contributed by atoms with Crippen LogP contribution >= 0.6 is 0 Å². The van der Waals surface area contributed by atoms with Crippen molar-refractivity contribution in [2.45, 2.75) is 18.8 Å². The zero-order valence-corrected chi connectivity index (χ0v) is 13.5. The van der Waals surface area contributed by atoms with E-state index in [1.165, 1.54) is 5.56 Å².